The lowest BCUT2D eigenvalue weighted by Crippen LogP contribution is -2.26. The summed E-state index contributed by atoms with van der Waals surface area (Å²) in [5, 5.41) is 6.87. The molecule has 1 aliphatic carbocycles. The molecular weight excluding hydrogens is 404 g/mol. The lowest BCUT2D eigenvalue weighted by molar-refractivity contribution is 0.138. The van der Waals surface area contributed by atoms with Crippen LogP contribution in [0.4, 0.5) is 5.95 Å². The van der Waals surface area contributed by atoms with Gasteiger partial charge in [-0.05, 0) is 62.3 Å². The summed E-state index contributed by atoms with van der Waals surface area (Å²) in [5.41, 5.74) is 1.92. The second kappa shape index (κ2) is 10.0. The molecule has 0 bridgehead atoms. The summed E-state index contributed by atoms with van der Waals surface area (Å²) in [6.07, 6.45) is 8.92. The Balaban J connectivity index is 1.33. The van der Waals surface area contributed by atoms with Crippen molar-refractivity contribution in [3.63, 3.8) is 0 Å². The average Bonchev–Trinajstić information content (AvgIpc) is 3.51. The molecule has 1 saturated carbocycles. The first kappa shape index (κ1) is 21.5. The molecule has 1 unspecified atom stereocenters. The van der Waals surface area contributed by atoms with E-state index in [2.05, 4.69) is 34.7 Å². The average molecular weight is 439 g/mol. The second-order valence-corrected chi connectivity index (χ2v) is 9.37. The Bertz CT molecular complexity index is 871. The van der Waals surface area contributed by atoms with E-state index in [0.717, 1.165) is 68.2 Å². The predicted octanol–water partition coefficient (Wildman–Crippen LogP) is 4.04. The number of ether oxygens (including phenoxy) is 3. The van der Waals surface area contributed by atoms with Crippen molar-refractivity contribution in [3.05, 3.63) is 30.5 Å². The number of anilines is 1. The molecule has 2 N–H and O–H groups in total. The number of hydrogen-bond acceptors (Lipinski definition) is 7. The fourth-order valence-electron chi connectivity index (χ4n) is 4.71. The third-order valence-electron chi connectivity index (χ3n) is 6.75. The topological polar surface area (TPSA) is 77.5 Å². The summed E-state index contributed by atoms with van der Waals surface area (Å²) in [6, 6.07) is 8.59. The van der Waals surface area contributed by atoms with Crippen molar-refractivity contribution in [2.75, 3.05) is 31.6 Å². The molecule has 3 fully saturated rings. The van der Waals surface area contributed by atoms with Crippen molar-refractivity contribution in [1.82, 2.24) is 15.3 Å². The van der Waals surface area contributed by atoms with Crippen molar-refractivity contribution in [2.45, 2.75) is 63.7 Å². The maximum Gasteiger partial charge on any atom is 0.226 e. The van der Waals surface area contributed by atoms with Crippen LogP contribution in [0.3, 0.4) is 0 Å². The number of hydrogen-bond donors (Lipinski definition) is 2. The smallest absolute Gasteiger partial charge is 0.226 e. The molecule has 0 spiro atoms. The Morgan fingerprint density at radius 2 is 1.84 bits per heavy atom. The molecule has 7 heteroatoms. The van der Waals surface area contributed by atoms with Crippen molar-refractivity contribution in [3.8, 4) is 22.8 Å². The molecule has 1 aromatic heterocycles. The molecule has 0 amide bonds. The van der Waals surface area contributed by atoms with Crippen molar-refractivity contribution in [2.24, 2.45) is 5.92 Å². The quantitative estimate of drug-likeness (QED) is 0.675. The lowest BCUT2D eigenvalue weighted by Gasteiger charge is -2.27. The highest BCUT2D eigenvalue weighted by Crippen LogP contribution is 2.33. The Morgan fingerprint density at radius 1 is 1.00 bits per heavy atom. The van der Waals surface area contributed by atoms with Crippen LogP contribution >= 0.6 is 0 Å². The molecule has 5 rings (SSSR count). The highest BCUT2D eigenvalue weighted by atomic mass is 16.5. The minimum atomic E-state index is 0.0319. The van der Waals surface area contributed by atoms with Crippen molar-refractivity contribution < 1.29 is 14.2 Å². The van der Waals surface area contributed by atoms with Crippen LogP contribution in [-0.4, -0.2) is 54.5 Å². The molecule has 2 aliphatic heterocycles. The Morgan fingerprint density at radius 3 is 2.56 bits per heavy atom. The minimum Gasteiger partial charge on any atom is -0.489 e. The van der Waals surface area contributed by atoms with Gasteiger partial charge in [-0.3, -0.25) is 0 Å². The molecule has 7 nitrogen and oxygen atoms in total. The minimum absolute atomic E-state index is 0.0319. The van der Waals surface area contributed by atoms with Crippen LogP contribution in [0.5, 0.6) is 11.6 Å². The van der Waals surface area contributed by atoms with Gasteiger partial charge < -0.3 is 24.8 Å². The summed E-state index contributed by atoms with van der Waals surface area (Å²) < 4.78 is 17.9. The van der Waals surface area contributed by atoms with Gasteiger partial charge in [0.25, 0.3) is 0 Å². The molecule has 2 atom stereocenters. The Labute approximate surface area is 190 Å². The van der Waals surface area contributed by atoms with Gasteiger partial charge in [-0.2, -0.15) is 4.98 Å². The summed E-state index contributed by atoms with van der Waals surface area (Å²) in [4.78, 5) is 9.43. The number of benzene rings is 1. The van der Waals surface area contributed by atoms with Gasteiger partial charge in [0.15, 0.2) is 0 Å². The third-order valence-corrected chi connectivity index (χ3v) is 6.75. The SMILES string of the molecule is C[C@H]1CC[C@@H](Nc2ncc(-c3ccc(OC4CCNC4)cc3)c(O[C@@H]3CCOC3)n2)CC1. The highest BCUT2D eigenvalue weighted by Gasteiger charge is 2.23. The molecular formula is C25H34N4O3. The zero-order chi connectivity index (χ0) is 21.8. The van der Waals surface area contributed by atoms with Gasteiger partial charge in [0.2, 0.25) is 11.8 Å². The van der Waals surface area contributed by atoms with E-state index < -0.39 is 0 Å². The highest BCUT2D eigenvalue weighted by molar-refractivity contribution is 5.69. The number of rotatable bonds is 7. The molecule has 3 aliphatic rings. The fraction of sp³-hybridized carbons (Fsp3) is 0.600. The van der Waals surface area contributed by atoms with E-state index in [1.807, 2.05) is 18.3 Å². The first-order valence-electron chi connectivity index (χ1n) is 12.1. The normalized spacial score (nSPS) is 27.9. The van der Waals surface area contributed by atoms with E-state index in [1.165, 1.54) is 12.8 Å². The summed E-state index contributed by atoms with van der Waals surface area (Å²) in [5.74, 6) is 2.97. The largest absolute Gasteiger partial charge is 0.489 e. The maximum atomic E-state index is 6.29. The monoisotopic (exact) mass is 438 g/mol. The first-order chi connectivity index (χ1) is 15.7. The molecule has 32 heavy (non-hydrogen) atoms. The van der Waals surface area contributed by atoms with E-state index in [9.17, 15) is 0 Å². The Hall–Kier alpha value is -2.38. The Kier molecular flexibility index (Phi) is 6.74. The van der Waals surface area contributed by atoms with Crippen molar-refractivity contribution >= 4 is 5.95 Å². The van der Waals surface area contributed by atoms with Crippen LogP contribution in [0, 0.1) is 5.92 Å². The fourth-order valence-corrected chi connectivity index (χ4v) is 4.71. The number of nitrogens with one attached hydrogen (secondary N) is 2. The number of aromatic nitrogens is 2. The van der Waals surface area contributed by atoms with Crippen LogP contribution in [0.15, 0.2) is 30.5 Å². The lowest BCUT2D eigenvalue weighted by atomic mass is 9.87. The van der Waals surface area contributed by atoms with Crippen LogP contribution < -0.4 is 20.1 Å². The molecule has 1 aromatic carbocycles. The van der Waals surface area contributed by atoms with Crippen LogP contribution in [0.2, 0.25) is 0 Å². The summed E-state index contributed by atoms with van der Waals surface area (Å²) in [7, 11) is 0. The van der Waals surface area contributed by atoms with Crippen LogP contribution in [-0.2, 0) is 4.74 Å². The molecule has 2 aromatic rings. The zero-order valence-corrected chi connectivity index (χ0v) is 18.9. The van der Waals surface area contributed by atoms with Gasteiger partial charge in [0.05, 0.1) is 18.8 Å². The van der Waals surface area contributed by atoms with Gasteiger partial charge in [0, 0.05) is 25.2 Å². The number of nitrogens with zero attached hydrogens (tertiary/aromatic N) is 2. The standard InChI is InChI=1S/C25H34N4O3/c1-17-2-6-19(7-3-17)28-25-27-15-23(24(29-25)32-22-11-13-30-16-22)18-4-8-20(9-5-18)31-21-10-12-26-14-21/h4-5,8-9,15,17,19,21-22,26H,2-3,6-7,10-14,16H2,1H3,(H,27,28,29)/t17-,19+,21?,22-/m1/s1. The van der Waals surface area contributed by atoms with Gasteiger partial charge in [-0.15, -0.1) is 0 Å². The molecule has 2 saturated heterocycles. The van der Waals surface area contributed by atoms with Crippen molar-refractivity contribution in [1.29, 1.82) is 0 Å². The van der Waals surface area contributed by atoms with Crippen LogP contribution in [0.1, 0.15) is 45.4 Å². The van der Waals surface area contributed by atoms with E-state index in [1.54, 1.807) is 0 Å². The van der Waals surface area contributed by atoms with Gasteiger partial charge in [-0.1, -0.05) is 19.1 Å². The summed E-state index contributed by atoms with van der Waals surface area (Å²) in [6.45, 7) is 5.60. The predicted molar refractivity (Wildman–Crippen MR) is 124 cm³/mol. The maximum absolute atomic E-state index is 6.29. The van der Waals surface area contributed by atoms with E-state index in [0.29, 0.717) is 24.5 Å². The molecule has 3 heterocycles. The zero-order valence-electron chi connectivity index (χ0n) is 18.9. The van der Waals surface area contributed by atoms with E-state index >= 15 is 0 Å². The van der Waals surface area contributed by atoms with Gasteiger partial charge >= 0.3 is 0 Å². The van der Waals surface area contributed by atoms with Gasteiger partial charge in [-0.25, -0.2) is 4.98 Å². The first-order valence-corrected chi connectivity index (χ1v) is 12.1. The summed E-state index contributed by atoms with van der Waals surface area (Å²) >= 11 is 0. The third kappa shape index (κ3) is 5.33. The second-order valence-electron chi connectivity index (χ2n) is 9.37. The molecule has 172 valence electrons. The molecule has 0 radical (unpaired) electrons. The van der Waals surface area contributed by atoms with Gasteiger partial charge in [0.1, 0.15) is 18.0 Å². The van der Waals surface area contributed by atoms with E-state index in [-0.39, 0.29) is 12.2 Å². The van der Waals surface area contributed by atoms with E-state index in [4.69, 9.17) is 19.2 Å². The van der Waals surface area contributed by atoms with Crippen LogP contribution in [0.25, 0.3) is 11.1 Å².